The maximum atomic E-state index is 11.4. The molecule has 20 heavy (non-hydrogen) atoms. The molecule has 0 fully saturated rings. The molecule has 0 atom stereocenters. The summed E-state index contributed by atoms with van der Waals surface area (Å²) in [6, 6.07) is 11.3. The zero-order valence-electron chi connectivity index (χ0n) is 11.1. The molecule has 0 radical (unpaired) electrons. The first-order chi connectivity index (χ1) is 9.66. The molecule has 0 bridgehead atoms. The van der Waals surface area contributed by atoms with Crippen molar-refractivity contribution in [3.8, 4) is 0 Å². The fourth-order valence-corrected chi connectivity index (χ4v) is 2.39. The first kappa shape index (κ1) is 12.4. The van der Waals surface area contributed by atoms with E-state index in [0.29, 0.717) is 12.2 Å². The minimum Gasteiger partial charge on any atom is -0.477 e. The summed E-state index contributed by atoms with van der Waals surface area (Å²) < 4.78 is 1.82. The standard InChI is InChI=1S/C16H14N2O2/c1-11-6-7-17-9-13(11)10-18-14-5-3-2-4-12(14)8-15(18)16(19)20/h2-9H,10H2,1H3,(H,19,20). The van der Waals surface area contributed by atoms with Crippen molar-refractivity contribution in [1.82, 2.24) is 9.55 Å². The Labute approximate surface area is 116 Å². The predicted molar refractivity (Wildman–Crippen MR) is 77.0 cm³/mol. The Morgan fingerprint density at radius 3 is 2.85 bits per heavy atom. The van der Waals surface area contributed by atoms with E-state index >= 15 is 0 Å². The van der Waals surface area contributed by atoms with Crippen LogP contribution in [0.25, 0.3) is 10.9 Å². The largest absolute Gasteiger partial charge is 0.477 e. The van der Waals surface area contributed by atoms with Crippen LogP contribution in [0.2, 0.25) is 0 Å². The van der Waals surface area contributed by atoms with Gasteiger partial charge >= 0.3 is 5.97 Å². The van der Waals surface area contributed by atoms with Crippen molar-refractivity contribution < 1.29 is 9.90 Å². The summed E-state index contributed by atoms with van der Waals surface area (Å²) in [5.41, 5.74) is 3.35. The molecule has 0 aliphatic rings. The first-order valence-electron chi connectivity index (χ1n) is 6.38. The summed E-state index contributed by atoms with van der Waals surface area (Å²) in [4.78, 5) is 15.5. The maximum Gasteiger partial charge on any atom is 0.352 e. The van der Waals surface area contributed by atoms with Crippen LogP contribution in [0, 0.1) is 6.92 Å². The van der Waals surface area contributed by atoms with Gasteiger partial charge in [0.25, 0.3) is 0 Å². The van der Waals surface area contributed by atoms with Crippen molar-refractivity contribution in [1.29, 1.82) is 0 Å². The van der Waals surface area contributed by atoms with E-state index in [4.69, 9.17) is 0 Å². The molecule has 1 N–H and O–H groups in total. The Balaban J connectivity index is 2.17. The number of para-hydroxylation sites is 1. The molecule has 2 heterocycles. The van der Waals surface area contributed by atoms with Gasteiger partial charge in [0.2, 0.25) is 0 Å². The molecule has 0 aliphatic heterocycles. The predicted octanol–water partition coefficient (Wildman–Crippen LogP) is 3.09. The van der Waals surface area contributed by atoms with Gasteiger partial charge in [0.05, 0.1) is 6.54 Å². The number of pyridine rings is 1. The van der Waals surface area contributed by atoms with E-state index in [2.05, 4.69) is 4.98 Å². The Bertz CT molecular complexity index is 790. The Morgan fingerprint density at radius 2 is 2.10 bits per heavy atom. The fourth-order valence-electron chi connectivity index (χ4n) is 2.39. The number of hydrogen-bond acceptors (Lipinski definition) is 2. The third-order valence-electron chi connectivity index (χ3n) is 3.51. The molecule has 100 valence electrons. The van der Waals surface area contributed by atoms with E-state index < -0.39 is 5.97 Å². The zero-order chi connectivity index (χ0) is 14.1. The van der Waals surface area contributed by atoms with Gasteiger partial charge in [-0.15, -0.1) is 0 Å². The minimum atomic E-state index is -0.914. The molecule has 0 amide bonds. The average Bonchev–Trinajstić information content (AvgIpc) is 2.81. The van der Waals surface area contributed by atoms with Gasteiger partial charge in [0.1, 0.15) is 5.69 Å². The Hall–Kier alpha value is -2.62. The molecule has 0 saturated carbocycles. The number of hydrogen-bond donors (Lipinski definition) is 1. The zero-order valence-corrected chi connectivity index (χ0v) is 11.1. The van der Waals surface area contributed by atoms with Crippen molar-refractivity contribution in [2.24, 2.45) is 0 Å². The second kappa shape index (κ2) is 4.81. The van der Waals surface area contributed by atoms with Crippen LogP contribution in [0.4, 0.5) is 0 Å². The van der Waals surface area contributed by atoms with Crippen LogP contribution in [0.5, 0.6) is 0 Å². The van der Waals surface area contributed by atoms with Gasteiger partial charge in [-0.05, 0) is 36.2 Å². The first-order valence-corrected chi connectivity index (χ1v) is 6.38. The molecule has 2 aromatic heterocycles. The van der Waals surface area contributed by atoms with Crippen LogP contribution >= 0.6 is 0 Å². The Kier molecular flexibility index (Phi) is 2.99. The van der Waals surface area contributed by atoms with Gasteiger partial charge in [-0.25, -0.2) is 4.79 Å². The molecule has 1 aromatic carbocycles. The monoisotopic (exact) mass is 266 g/mol. The lowest BCUT2D eigenvalue weighted by molar-refractivity contribution is 0.0686. The normalized spacial score (nSPS) is 10.8. The summed E-state index contributed by atoms with van der Waals surface area (Å²) >= 11 is 0. The van der Waals surface area contributed by atoms with Crippen LogP contribution in [0.15, 0.2) is 48.8 Å². The number of carbonyl (C=O) groups is 1. The molecule has 0 aliphatic carbocycles. The number of nitrogens with zero attached hydrogens (tertiary/aromatic N) is 2. The topological polar surface area (TPSA) is 55.1 Å². The van der Waals surface area contributed by atoms with Crippen molar-refractivity contribution in [2.45, 2.75) is 13.5 Å². The van der Waals surface area contributed by atoms with Gasteiger partial charge in [-0.3, -0.25) is 4.98 Å². The average molecular weight is 266 g/mol. The highest BCUT2D eigenvalue weighted by atomic mass is 16.4. The number of benzene rings is 1. The van der Waals surface area contributed by atoms with Crippen molar-refractivity contribution in [3.05, 3.63) is 65.6 Å². The minimum absolute atomic E-state index is 0.300. The summed E-state index contributed by atoms with van der Waals surface area (Å²) in [6.07, 6.45) is 3.53. The molecule has 3 rings (SSSR count). The lowest BCUT2D eigenvalue weighted by atomic mass is 10.1. The summed E-state index contributed by atoms with van der Waals surface area (Å²) in [5.74, 6) is -0.914. The second-order valence-corrected chi connectivity index (χ2v) is 4.78. The number of carboxylic acid groups (broad SMARTS) is 1. The lowest BCUT2D eigenvalue weighted by Gasteiger charge is -2.10. The summed E-state index contributed by atoms with van der Waals surface area (Å²) in [6.45, 7) is 2.51. The van der Waals surface area contributed by atoms with Crippen LogP contribution in [-0.2, 0) is 6.54 Å². The number of fused-ring (bicyclic) bond motifs is 1. The number of aromatic nitrogens is 2. The molecule has 4 heteroatoms. The van der Waals surface area contributed by atoms with Gasteiger partial charge in [0, 0.05) is 23.3 Å². The number of carboxylic acids is 1. The van der Waals surface area contributed by atoms with Gasteiger partial charge in [0.15, 0.2) is 0 Å². The van der Waals surface area contributed by atoms with E-state index in [1.54, 1.807) is 18.5 Å². The van der Waals surface area contributed by atoms with Crippen molar-refractivity contribution in [2.75, 3.05) is 0 Å². The summed E-state index contributed by atoms with van der Waals surface area (Å²) in [5, 5.41) is 10.3. The van der Waals surface area contributed by atoms with Crippen LogP contribution < -0.4 is 0 Å². The molecule has 0 saturated heterocycles. The third kappa shape index (κ3) is 2.05. The SMILES string of the molecule is Cc1ccncc1Cn1c(C(=O)O)cc2ccccc21. The molecular formula is C16H14N2O2. The molecule has 0 spiro atoms. The fraction of sp³-hybridized carbons (Fsp3) is 0.125. The molecule has 0 unspecified atom stereocenters. The third-order valence-corrected chi connectivity index (χ3v) is 3.51. The summed E-state index contributed by atoms with van der Waals surface area (Å²) in [7, 11) is 0. The van der Waals surface area contributed by atoms with Gasteiger partial charge in [-0.2, -0.15) is 0 Å². The Morgan fingerprint density at radius 1 is 1.30 bits per heavy atom. The van der Waals surface area contributed by atoms with Crippen LogP contribution in [0.1, 0.15) is 21.6 Å². The van der Waals surface area contributed by atoms with Gasteiger partial charge in [-0.1, -0.05) is 18.2 Å². The van der Waals surface area contributed by atoms with Crippen molar-refractivity contribution >= 4 is 16.9 Å². The molecular weight excluding hydrogens is 252 g/mol. The number of rotatable bonds is 3. The van der Waals surface area contributed by atoms with E-state index in [9.17, 15) is 9.90 Å². The van der Waals surface area contributed by atoms with E-state index in [0.717, 1.165) is 22.0 Å². The highest BCUT2D eigenvalue weighted by molar-refractivity contribution is 5.94. The lowest BCUT2D eigenvalue weighted by Crippen LogP contribution is -2.10. The highest BCUT2D eigenvalue weighted by Gasteiger charge is 2.15. The van der Waals surface area contributed by atoms with Crippen molar-refractivity contribution in [3.63, 3.8) is 0 Å². The van der Waals surface area contributed by atoms with E-state index in [-0.39, 0.29) is 0 Å². The van der Waals surface area contributed by atoms with Crippen LogP contribution in [0.3, 0.4) is 0 Å². The number of aryl methyl sites for hydroxylation is 1. The van der Waals surface area contributed by atoms with E-state index in [1.165, 1.54) is 0 Å². The highest BCUT2D eigenvalue weighted by Crippen LogP contribution is 2.22. The number of aromatic carboxylic acids is 1. The maximum absolute atomic E-state index is 11.4. The second-order valence-electron chi connectivity index (χ2n) is 4.78. The van der Waals surface area contributed by atoms with Crippen LogP contribution in [-0.4, -0.2) is 20.6 Å². The smallest absolute Gasteiger partial charge is 0.352 e. The van der Waals surface area contributed by atoms with Gasteiger partial charge < -0.3 is 9.67 Å². The van der Waals surface area contributed by atoms with E-state index in [1.807, 2.05) is 41.8 Å². The molecule has 3 aromatic rings. The quantitative estimate of drug-likeness (QED) is 0.792. The molecule has 4 nitrogen and oxygen atoms in total.